The second-order valence-electron chi connectivity index (χ2n) is 7.91. The van der Waals surface area contributed by atoms with E-state index < -0.39 is 0 Å². The number of rotatable bonds is 4. The van der Waals surface area contributed by atoms with Gasteiger partial charge in [0.1, 0.15) is 11.6 Å². The van der Waals surface area contributed by atoms with E-state index in [9.17, 15) is 4.79 Å². The number of nitrogens with one attached hydrogen (secondary N) is 2. The van der Waals surface area contributed by atoms with Gasteiger partial charge in [-0.2, -0.15) is 5.10 Å². The molecule has 0 saturated heterocycles. The van der Waals surface area contributed by atoms with E-state index in [1.54, 1.807) is 10.9 Å². The van der Waals surface area contributed by atoms with Crippen LogP contribution in [0.4, 0.5) is 5.82 Å². The van der Waals surface area contributed by atoms with Crippen LogP contribution in [-0.4, -0.2) is 35.5 Å². The molecule has 4 aromatic heterocycles. The Morgan fingerprint density at radius 2 is 1.91 bits per heavy atom. The Hall–Kier alpha value is -4.72. The largest absolute Gasteiger partial charge is 0.383 e. The number of ketones is 1. The number of carbonyl (C=O) groups excluding carboxylic acids is 1. The van der Waals surface area contributed by atoms with Crippen molar-refractivity contribution in [1.29, 1.82) is 0 Å². The number of imidazole rings is 1. The standard InChI is InChI=1S/C25H19N7O/c1-14-29-20-8-7-17(12-22(20)30-14)32-25(26)18(13-28-32)24(33)23-11-16-6-5-15(10-21(16)31-23)19-4-2-3-9-27-19/h2-13,31H,26H2,1H3,(H,29,30). The van der Waals surface area contributed by atoms with Gasteiger partial charge in [0.15, 0.2) is 0 Å². The number of pyridine rings is 1. The third kappa shape index (κ3) is 3.16. The average molecular weight is 433 g/mol. The van der Waals surface area contributed by atoms with Crippen LogP contribution >= 0.6 is 0 Å². The van der Waals surface area contributed by atoms with E-state index in [0.717, 1.165) is 44.7 Å². The van der Waals surface area contributed by atoms with E-state index in [4.69, 9.17) is 5.73 Å². The van der Waals surface area contributed by atoms with Crippen LogP contribution in [0.5, 0.6) is 0 Å². The van der Waals surface area contributed by atoms with Gasteiger partial charge in [0.05, 0.1) is 39.9 Å². The highest BCUT2D eigenvalue weighted by Crippen LogP contribution is 2.26. The number of anilines is 1. The predicted octanol–water partition coefficient (Wildman–Crippen LogP) is 4.41. The minimum atomic E-state index is -0.217. The van der Waals surface area contributed by atoms with Crippen molar-refractivity contribution in [1.82, 2.24) is 29.7 Å². The summed E-state index contributed by atoms with van der Waals surface area (Å²) in [5.74, 6) is 0.891. The molecule has 0 aliphatic carbocycles. The van der Waals surface area contributed by atoms with E-state index in [-0.39, 0.29) is 11.6 Å². The number of aromatic nitrogens is 6. The molecular weight excluding hydrogens is 414 g/mol. The van der Waals surface area contributed by atoms with Crippen LogP contribution in [0.3, 0.4) is 0 Å². The topological polar surface area (TPSA) is 118 Å². The van der Waals surface area contributed by atoms with Gasteiger partial charge in [-0.25, -0.2) is 9.67 Å². The first kappa shape index (κ1) is 19.0. The average Bonchev–Trinajstić information content (AvgIpc) is 3.53. The van der Waals surface area contributed by atoms with Crippen LogP contribution in [0.25, 0.3) is 38.9 Å². The molecule has 8 heteroatoms. The fraction of sp³-hybridized carbons (Fsp3) is 0.0400. The minimum Gasteiger partial charge on any atom is -0.383 e. The first-order valence-corrected chi connectivity index (χ1v) is 10.5. The molecule has 160 valence electrons. The van der Waals surface area contributed by atoms with Crippen LogP contribution in [-0.2, 0) is 0 Å². The molecule has 6 rings (SSSR count). The fourth-order valence-corrected chi connectivity index (χ4v) is 4.08. The van der Waals surface area contributed by atoms with Crippen molar-refractivity contribution in [3.05, 3.63) is 90.1 Å². The minimum absolute atomic E-state index is 0.217. The Balaban J connectivity index is 1.35. The van der Waals surface area contributed by atoms with Crippen LogP contribution in [0.15, 0.2) is 73.1 Å². The van der Waals surface area contributed by atoms with Crippen molar-refractivity contribution in [2.75, 3.05) is 5.73 Å². The van der Waals surface area contributed by atoms with Crippen molar-refractivity contribution >= 4 is 33.5 Å². The summed E-state index contributed by atoms with van der Waals surface area (Å²) in [5.41, 5.74) is 12.3. The summed E-state index contributed by atoms with van der Waals surface area (Å²) < 4.78 is 1.55. The number of hydrogen-bond acceptors (Lipinski definition) is 5. The predicted molar refractivity (Wildman–Crippen MR) is 127 cm³/mol. The zero-order valence-corrected chi connectivity index (χ0v) is 17.7. The van der Waals surface area contributed by atoms with Crippen molar-refractivity contribution in [2.24, 2.45) is 0 Å². The van der Waals surface area contributed by atoms with Crippen LogP contribution < -0.4 is 5.73 Å². The molecule has 0 unspecified atom stereocenters. The Bertz CT molecular complexity index is 1660. The zero-order chi connectivity index (χ0) is 22.5. The molecule has 0 amide bonds. The number of H-pyrrole nitrogens is 2. The third-order valence-corrected chi connectivity index (χ3v) is 5.71. The molecule has 0 saturated carbocycles. The highest BCUT2D eigenvalue weighted by Gasteiger charge is 2.20. The Morgan fingerprint density at radius 1 is 1.00 bits per heavy atom. The molecule has 33 heavy (non-hydrogen) atoms. The number of nitrogen functional groups attached to an aromatic ring is 1. The number of carbonyl (C=O) groups is 1. The summed E-state index contributed by atoms with van der Waals surface area (Å²) in [7, 11) is 0. The molecule has 0 spiro atoms. The highest BCUT2D eigenvalue weighted by molar-refractivity contribution is 6.12. The summed E-state index contributed by atoms with van der Waals surface area (Å²) in [6.45, 7) is 1.90. The van der Waals surface area contributed by atoms with Gasteiger partial charge in [0.2, 0.25) is 5.78 Å². The van der Waals surface area contributed by atoms with Gasteiger partial charge in [-0.15, -0.1) is 0 Å². The molecule has 4 N–H and O–H groups in total. The van der Waals surface area contributed by atoms with Gasteiger partial charge in [0.25, 0.3) is 0 Å². The normalized spacial score (nSPS) is 11.4. The van der Waals surface area contributed by atoms with Gasteiger partial charge in [-0.3, -0.25) is 9.78 Å². The van der Waals surface area contributed by atoms with E-state index in [1.807, 2.05) is 67.6 Å². The number of nitrogens with two attached hydrogens (primary N) is 1. The summed E-state index contributed by atoms with van der Waals surface area (Å²) in [6.07, 6.45) is 3.26. The van der Waals surface area contributed by atoms with Gasteiger partial charge in [-0.1, -0.05) is 18.2 Å². The van der Waals surface area contributed by atoms with Crippen molar-refractivity contribution in [3.63, 3.8) is 0 Å². The maximum Gasteiger partial charge on any atom is 0.214 e. The third-order valence-electron chi connectivity index (χ3n) is 5.71. The van der Waals surface area contributed by atoms with E-state index in [2.05, 4.69) is 25.0 Å². The van der Waals surface area contributed by atoms with Crippen LogP contribution in [0.2, 0.25) is 0 Å². The molecular formula is C25H19N7O. The molecule has 0 fully saturated rings. The summed E-state index contributed by atoms with van der Waals surface area (Å²) in [4.78, 5) is 28.5. The Kier molecular flexibility index (Phi) is 4.13. The zero-order valence-electron chi connectivity index (χ0n) is 17.7. The summed E-state index contributed by atoms with van der Waals surface area (Å²) in [6, 6.07) is 19.3. The van der Waals surface area contributed by atoms with Gasteiger partial charge in [-0.05, 0) is 49.4 Å². The lowest BCUT2D eigenvalue weighted by Gasteiger charge is -2.05. The lowest BCUT2D eigenvalue weighted by Crippen LogP contribution is -2.07. The van der Waals surface area contributed by atoms with Gasteiger partial charge in [0, 0.05) is 22.7 Å². The molecule has 0 aliphatic rings. The number of nitrogens with zero attached hydrogens (tertiary/aromatic N) is 4. The lowest BCUT2D eigenvalue weighted by molar-refractivity contribution is 0.103. The Morgan fingerprint density at radius 3 is 2.76 bits per heavy atom. The highest BCUT2D eigenvalue weighted by atomic mass is 16.1. The van der Waals surface area contributed by atoms with Crippen molar-refractivity contribution in [3.8, 4) is 16.9 Å². The molecule has 0 aliphatic heterocycles. The molecule has 0 bridgehead atoms. The summed E-state index contributed by atoms with van der Waals surface area (Å²) >= 11 is 0. The van der Waals surface area contributed by atoms with Gasteiger partial charge < -0.3 is 15.7 Å². The first-order chi connectivity index (χ1) is 16.1. The van der Waals surface area contributed by atoms with E-state index in [1.165, 1.54) is 6.20 Å². The molecule has 0 atom stereocenters. The van der Waals surface area contributed by atoms with Crippen molar-refractivity contribution < 1.29 is 4.79 Å². The smallest absolute Gasteiger partial charge is 0.214 e. The van der Waals surface area contributed by atoms with Crippen LogP contribution in [0.1, 0.15) is 21.9 Å². The molecule has 6 aromatic rings. The molecule has 8 nitrogen and oxygen atoms in total. The lowest BCUT2D eigenvalue weighted by atomic mass is 10.1. The number of benzene rings is 2. The maximum absolute atomic E-state index is 13.3. The Labute approximate surface area is 188 Å². The second-order valence-corrected chi connectivity index (χ2v) is 7.91. The molecule has 0 radical (unpaired) electrons. The monoisotopic (exact) mass is 433 g/mol. The van der Waals surface area contributed by atoms with E-state index >= 15 is 0 Å². The van der Waals surface area contributed by atoms with Gasteiger partial charge >= 0.3 is 0 Å². The van der Waals surface area contributed by atoms with E-state index in [0.29, 0.717) is 11.3 Å². The molecule has 4 heterocycles. The van der Waals surface area contributed by atoms with Crippen LogP contribution in [0, 0.1) is 6.92 Å². The number of fused-ring (bicyclic) bond motifs is 2. The number of aryl methyl sites for hydroxylation is 1. The molecule has 2 aromatic carbocycles. The number of aromatic amines is 2. The fourth-order valence-electron chi connectivity index (χ4n) is 4.08. The SMILES string of the molecule is Cc1nc2cc(-n3ncc(C(=O)c4cc5ccc(-c6ccccn6)cc5[nH]4)c3N)ccc2[nH]1. The maximum atomic E-state index is 13.3. The summed E-state index contributed by atoms with van der Waals surface area (Å²) in [5, 5.41) is 5.30. The van der Waals surface area contributed by atoms with Crippen molar-refractivity contribution in [2.45, 2.75) is 6.92 Å². The second kappa shape index (κ2) is 7.16. The number of hydrogen-bond donors (Lipinski definition) is 3. The first-order valence-electron chi connectivity index (χ1n) is 10.5. The quantitative estimate of drug-likeness (QED) is 0.356.